The minimum Gasteiger partial charge on any atom is -0.441 e. The first-order chi connectivity index (χ1) is 13.0. The molecule has 1 atom stereocenters. The molecule has 1 spiro atoms. The smallest absolute Gasteiger partial charge is 0.407 e. The third-order valence-electron chi connectivity index (χ3n) is 5.91. The van der Waals surface area contributed by atoms with Gasteiger partial charge in [0.1, 0.15) is 5.60 Å². The summed E-state index contributed by atoms with van der Waals surface area (Å²) in [7, 11) is 0. The number of hydrogen-bond donors (Lipinski definition) is 1. The lowest BCUT2D eigenvalue weighted by Gasteiger charge is -2.25. The van der Waals surface area contributed by atoms with Crippen LogP contribution in [0.15, 0.2) is 10.6 Å². The normalized spacial score (nSPS) is 25.5. The number of hydrogen-bond acceptors (Lipinski definition) is 6. The van der Waals surface area contributed by atoms with Gasteiger partial charge in [0.25, 0.3) is 11.6 Å². The molecule has 1 aliphatic carbocycles. The zero-order valence-electron chi connectivity index (χ0n) is 15.3. The van der Waals surface area contributed by atoms with E-state index in [0.29, 0.717) is 54.3 Å². The molecule has 4 heterocycles. The van der Waals surface area contributed by atoms with E-state index in [-0.39, 0.29) is 12.0 Å². The molecule has 3 fully saturated rings. The second kappa shape index (κ2) is 5.94. The number of carbonyl (C=O) groups is 2. The van der Waals surface area contributed by atoms with E-state index in [0.717, 1.165) is 31.4 Å². The molecule has 1 saturated carbocycles. The number of fused-ring (bicyclic) bond motifs is 1. The van der Waals surface area contributed by atoms with Crippen LogP contribution in [0.5, 0.6) is 0 Å². The molecule has 27 heavy (non-hydrogen) atoms. The third-order valence-corrected chi connectivity index (χ3v) is 5.91. The topological polar surface area (TPSA) is 97.6 Å². The molecule has 0 unspecified atom stereocenters. The van der Waals surface area contributed by atoms with Crippen molar-refractivity contribution >= 4 is 23.1 Å². The molecule has 0 radical (unpaired) electrons. The zero-order valence-corrected chi connectivity index (χ0v) is 15.3. The second-order valence-corrected chi connectivity index (χ2v) is 7.89. The predicted molar refractivity (Wildman–Crippen MR) is 95.5 cm³/mol. The van der Waals surface area contributed by atoms with Gasteiger partial charge in [-0.25, -0.2) is 9.78 Å². The molecule has 8 nitrogen and oxygen atoms in total. The van der Waals surface area contributed by atoms with E-state index in [9.17, 15) is 9.59 Å². The van der Waals surface area contributed by atoms with Crippen molar-refractivity contribution < 1.29 is 18.8 Å². The summed E-state index contributed by atoms with van der Waals surface area (Å²) >= 11 is 0. The Morgan fingerprint density at radius 1 is 1.33 bits per heavy atom. The number of carbonyl (C=O) groups excluding carboxylic acids is 2. The van der Waals surface area contributed by atoms with Crippen molar-refractivity contribution in [1.29, 1.82) is 0 Å². The van der Waals surface area contributed by atoms with Gasteiger partial charge in [0.2, 0.25) is 0 Å². The average Bonchev–Trinajstić information content (AvgIpc) is 3.39. The van der Waals surface area contributed by atoms with E-state index < -0.39 is 5.60 Å². The van der Waals surface area contributed by atoms with E-state index in [1.165, 1.54) is 0 Å². The molecule has 0 bridgehead atoms. The highest BCUT2D eigenvalue weighted by atomic mass is 16.6. The fraction of sp³-hybridized carbons (Fsp3) is 0.579. The molecule has 0 aromatic carbocycles. The van der Waals surface area contributed by atoms with Gasteiger partial charge >= 0.3 is 6.09 Å². The summed E-state index contributed by atoms with van der Waals surface area (Å²) in [6.07, 6.45) is 4.05. The second-order valence-electron chi connectivity index (χ2n) is 7.89. The van der Waals surface area contributed by atoms with Gasteiger partial charge in [0.05, 0.1) is 23.2 Å². The number of pyridine rings is 1. The summed E-state index contributed by atoms with van der Waals surface area (Å²) in [5, 5.41) is 7.47. The number of nitrogens with zero attached hydrogens (tertiary/aromatic N) is 3. The van der Waals surface area contributed by atoms with Crippen LogP contribution in [0.2, 0.25) is 0 Å². The van der Waals surface area contributed by atoms with Gasteiger partial charge in [-0.1, -0.05) is 5.16 Å². The summed E-state index contributed by atoms with van der Waals surface area (Å²) in [5.74, 6) is 0.396. The minimum absolute atomic E-state index is 0.0232. The highest BCUT2D eigenvalue weighted by molar-refractivity contribution is 6.06. The number of amides is 2. The highest BCUT2D eigenvalue weighted by Gasteiger charge is 2.42. The third kappa shape index (κ3) is 2.83. The largest absolute Gasteiger partial charge is 0.441 e. The van der Waals surface area contributed by atoms with Crippen LogP contribution in [0.1, 0.15) is 59.8 Å². The van der Waals surface area contributed by atoms with E-state index in [4.69, 9.17) is 9.26 Å². The van der Waals surface area contributed by atoms with Crippen molar-refractivity contribution in [2.24, 2.45) is 0 Å². The van der Waals surface area contributed by atoms with E-state index >= 15 is 0 Å². The van der Waals surface area contributed by atoms with Gasteiger partial charge in [-0.2, -0.15) is 0 Å². The fourth-order valence-electron chi connectivity index (χ4n) is 4.19. The van der Waals surface area contributed by atoms with Crippen LogP contribution in [0.3, 0.4) is 0 Å². The van der Waals surface area contributed by atoms with Crippen LogP contribution in [0.4, 0.5) is 4.79 Å². The molecule has 2 aromatic heterocycles. The first kappa shape index (κ1) is 16.5. The van der Waals surface area contributed by atoms with E-state index in [1.807, 2.05) is 17.9 Å². The van der Waals surface area contributed by atoms with Crippen LogP contribution in [0, 0.1) is 6.92 Å². The van der Waals surface area contributed by atoms with E-state index in [2.05, 4.69) is 15.5 Å². The molecule has 2 amide bonds. The maximum absolute atomic E-state index is 13.4. The summed E-state index contributed by atoms with van der Waals surface area (Å²) in [6, 6.07) is 1.92. The number of nitrogens with one attached hydrogen (secondary N) is 1. The number of aryl methyl sites for hydroxylation is 1. The van der Waals surface area contributed by atoms with Crippen molar-refractivity contribution in [1.82, 2.24) is 20.4 Å². The summed E-state index contributed by atoms with van der Waals surface area (Å²) < 4.78 is 10.9. The Morgan fingerprint density at radius 2 is 2.19 bits per heavy atom. The van der Waals surface area contributed by atoms with Gasteiger partial charge < -0.3 is 19.5 Å². The Balaban J connectivity index is 1.45. The zero-order chi connectivity index (χ0) is 18.6. The Morgan fingerprint density at radius 3 is 2.93 bits per heavy atom. The SMILES string of the molecule is Cc1noc2nc(C3CC3)cc(C(=O)N3CCC[C@@]4(CC3)CNC(=O)O4)c12. The number of ether oxygens (including phenoxy) is 1. The molecule has 3 aliphatic rings. The summed E-state index contributed by atoms with van der Waals surface area (Å²) in [6.45, 7) is 3.55. The van der Waals surface area contributed by atoms with Crippen LogP contribution >= 0.6 is 0 Å². The van der Waals surface area contributed by atoms with Gasteiger partial charge in [0, 0.05) is 31.1 Å². The minimum atomic E-state index is -0.480. The van der Waals surface area contributed by atoms with Crippen molar-refractivity contribution in [3.8, 4) is 0 Å². The quantitative estimate of drug-likeness (QED) is 0.872. The fourth-order valence-corrected chi connectivity index (χ4v) is 4.19. The van der Waals surface area contributed by atoms with E-state index in [1.54, 1.807) is 0 Å². The van der Waals surface area contributed by atoms with Crippen LogP contribution in [-0.2, 0) is 4.74 Å². The molecular weight excluding hydrogens is 348 g/mol. The van der Waals surface area contributed by atoms with Crippen LogP contribution in [0.25, 0.3) is 11.1 Å². The molecule has 142 valence electrons. The lowest BCUT2D eigenvalue weighted by Crippen LogP contribution is -2.36. The molecule has 5 rings (SSSR count). The van der Waals surface area contributed by atoms with Crippen molar-refractivity contribution in [3.63, 3.8) is 0 Å². The number of likely N-dealkylation sites (tertiary alicyclic amines) is 1. The number of aromatic nitrogens is 2. The predicted octanol–water partition coefficient (Wildman–Crippen LogP) is 2.51. The lowest BCUT2D eigenvalue weighted by molar-refractivity contribution is 0.0439. The highest BCUT2D eigenvalue weighted by Crippen LogP contribution is 2.41. The van der Waals surface area contributed by atoms with Crippen molar-refractivity contribution in [3.05, 3.63) is 23.0 Å². The number of rotatable bonds is 2. The van der Waals surface area contributed by atoms with Gasteiger partial charge in [-0.3, -0.25) is 4.79 Å². The molecule has 1 N–H and O–H groups in total. The Kier molecular flexibility index (Phi) is 3.63. The first-order valence-electron chi connectivity index (χ1n) is 9.58. The Labute approximate surface area is 156 Å². The van der Waals surface area contributed by atoms with Crippen LogP contribution in [-0.4, -0.2) is 52.3 Å². The Hall–Kier alpha value is -2.64. The van der Waals surface area contributed by atoms with Crippen molar-refractivity contribution in [2.45, 2.75) is 50.5 Å². The molecule has 2 aromatic rings. The maximum Gasteiger partial charge on any atom is 0.407 e. The van der Waals surface area contributed by atoms with Crippen molar-refractivity contribution in [2.75, 3.05) is 19.6 Å². The molecular formula is C19H22N4O4. The first-order valence-corrected chi connectivity index (χ1v) is 9.58. The summed E-state index contributed by atoms with van der Waals surface area (Å²) in [5.41, 5.74) is 2.19. The average molecular weight is 370 g/mol. The number of alkyl carbamates (subject to hydrolysis) is 1. The molecule has 2 aliphatic heterocycles. The molecule has 2 saturated heterocycles. The summed E-state index contributed by atoms with van der Waals surface area (Å²) in [4.78, 5) is 31.3. The van der Waals surface area contributed by atoms with Gasteiger partial charge in [0.15, 0.2) is 0 Å². The van der Waals surface area contributed by atoms with Gasteiger partial charge in [-0.05, 0) is 38.7 Å². The molecule has 8 heteroatoms. The standard InChI is InChI=1S/C19H22N4O4/c1-11-15-13(9-14(12-3-4-12)21-16(15)27-22-11)17(24)23-7-2-5-19(6-8-23)10-20-18(25)26-19/h9,12H,2-8,10H2,1H3,(H,20,25)/t19-/m1/s1. The Bertz CT molecular complexity index is 935. The van der Waals surface area contributed by atoms with Gasteiger partial charge in [-0.15, -0.1) is 0 Å². The monoisotopic (exact) mass is 370 g/mol. The lowest BCUT2D eigenvalue weighted by atomic mass is 9.95. The van der Waals surface area contributed by atoms with Crippen LogP contribution < -0.4 is 5.32 Å². The maximum atomic E-state index is 13.4.